The number of amides is 4. The fourth-order valence-electron chi connectivity index (χ4n) is 5.85. The van der Waals surface area contributed by atoms with Crippen LogP contribution in [-0.4, -0.2) is 90.8 Å². The Kier molecular flexibility index (Phi) is 10.6. The van der Waals surface area contributed by atoms with Gasteiger partial charge in [-0.3, -0.25) is 19.2 Å². The topological polar surface area (TPSA) is 128 Å². The molecule has 2 N–H and O–H groups in total. The van der Waals surface area contributed by atoms with Gasteiger partial charge in [0.2, 0.25) is 11.8 Å². The average Bonchev–Trinajstić information content (AvgIpc) is 3.59. The lowest BCUT2D eigenvalue weighted by Gasteiger charge is -2.29. The third-order valence-electron chi connectivity index (χ3n) is 8.16. The van der Waals surface area contributed by atoms with Crippen molar-refractivity contribution in [3.8, 4) is 0 Å². The van der Waals surface area contributed by atoms with Crippen molar-refractivity contribution in [2.45, 2.75) is 70.8 Å². The molecule has 2 fully saturated rings. The number of benzene rings is 2. The number of ketones is 1. The SMILES string of the molecule is CC[C@H](NC(=O)OCc1ccccc1)C(=O)N1CC(=O)C2C1CCN2C(=O)[C@H](CC(C)C)NC(=O)c1ccc(N(C)C)cc1. The highest BCUT2D eigenvalue weighted by atomic mass is 16.5. The number of carbonyl (C=O) groups is 5. The Morgan fingerprint density at radius 1 is 0.932 bits per heavy atom. The van der Waals surface area contributed by atoms with Crippen LogP contribution in [0.25, 0.3) is 0 Å². The summed E-state index contributed by atoms with van der Waals surface area (Å²) in [5.74, 6) is -1.20. The largest absolute Gasteiger partial charge is 0.445 e. The summed E-state index contributed by atoms with van der Waals surface area (Å²) in [7, 11) is 3.82. The zero-order valence-corrected chi connectivity index (χ0v) is 26.1. The first-order valence-corrected chi connectivity index (χ1v) is 15.2. The summed E-state index contributed by atoms with van der Waals surface area (Å²) in [4.78, 5) is 71.2. The molecule has 2 aromatic carbocycles. The van der Waals surface area contributed by atoms with Crippen molar-refractivity contribution in [1.29, 1.82) is 0 Å². The molecule has 4 amide bonds. The molecule has 0 bridgehead atoms. The van der Waals surface area contributed by atoms with Crippen molar-refractivity contribution in [2.75, 3.05) is 32.1 Å². The van der Waals surface area contributed by atoms with Crippen LogP contribution in [0, 0.1) is 5.92 Å². The number of Topliss-reactive ketones (excluding diaryl/α,β-unsaturated/α-hetero) is 1. The van der Waals surface area contributed by atoms with E-state index in [2.05, 4.69) is 10.6 Å². The second kappa shape index (κ2) is 14.4. The molecule has 2 saturated heterocycles. The number of likely N-dealkylation sites (tertiary alicyclic amines) is 2. The van der Waals surface area contributed by atoms with E-state index in [0.29, 0.717) is 24.8 Å². The van der Waals surface area contributed by atoms with Crippen molar-refractivity contribution in [3.05, 3.63) is 65.7 Å². The Balaban J connectivity index is 1.41. The summed E-state index contributed by atoms with van der Waals surface area (Å²) >= 11 is 0. The van der Waals surface area contributed by atoms with E-state index >= 15 is 0 Å². The number of carbonyl (C=O) groups excluding carboxylic acids is 5. The zero-order valence-electron chi connectivity index (χ0n) is 26.1. The molecular formula is C33H43N5O6. The molecular weight excluding hydrogens is 562 g/mol. The van der Waals surface area contributed by atoms with Gasteiger partial charge in [0.1, 0.15) is 24.7 Å². The second-order valence-electron chi connectivity index (χ2n) is 12.0. The van der Waals surface area contributed by atoms with Crippen LogP contribution < -0.4 is 15.5 Å². The molecule has 0 aliphatic carbocycles. The van der Waals surface area contributed by atoms with Crippen molar-refractivity contribution in [3.63, 3.8) is 0 Å². The van der Waals surface area contributed by atoms with E-state index in [1.54, 1.807) is 19.1 Å². The van der Waals surface area contributed by atoms with Gasteiger partial charge in [-0.2, -0.15) is 0 Å². The summed E-state index contributed by atoms with van der Waals surface area (Å²) < 4.78 is 5.29. The summed E-state index contributed by atoms with van der Waals surface area (Å²) in [6.45, 7) is 5.91. The van der Waals surface area contributed by atoms with E-state index in [-0.39, 0.29) is 49.1 Å². The fraction of sp³-hybridized carbons (Fsp3) is 0.485. The zero-order chi connectivity index (χ0) is 32.0. The lowest BCUT2D eigenvalue weighted by atomic mass is 10.0. The average molecular weight is 606 g/mol. The number of anilines is 1. The van der Waals surface area contributed by atoms with Gasteiger partial charge >= 0.3 is 6.09 Å². The van der Waals surface area contributed by atoms with Gasteiger partial charge in [0.15, 0.2) is 5.78 Å². The Labute approximate surface area is 258 Å². The molecule has 11 heteroatoms. The molecule has 4 rings (SSSR count). The van der Waals surface area contributed by atoms with E-state index in [9.17, 15) is 24.0 Å². The number of nitrogens with one attached hydrogen (secondary N) is 2. The summed E-state index contributed by atoms with van der Waals surface area (Å²) in [5, 5.41) is 5.53. The maximum Gasteiger partial charge on any atom is 0.408 e. The first kappa shape index (κ1) is 32.5. The standard InChI is InChI=1S/C33H43N5O6/c1-6-25(35-33(43)44-20-22-10-8-7-9-11-22)31(41)38-19-28(39)29-27(38)16-17-37(29)32(42)26(18-21(2)3)34-30(40)23-12-14-24(15-13-23)36(4)5/h7-15,21,25-27,29H,6,16-20H2,1-5H3,(H,34,40)(H,35,43)/t25-,26-,27?,29?/m0/s1. The van der Waals surface area contributed by atoms with Crippen molar-refractivity contribution in [2.24, 2.45) is 5.92 Å². The molecule has 2 aromatic rings. The van der Waals surface area contributed by atoms with Crippen LogP contribution >= 0.6 is 0 Å². The molecule has 2 aliphatic heterocycles. The maximum atomic E-state index is 13.9. The van der Waals surface area contributed by atoms with Crippen LogP contribution in [0.5, 0.6) is 0 Å². The van der Waals surface area contributed by atoms with Crippen LogP contribution in [0.4, 0.5) is 10.5 Å². The summed E-state index contributed by atoms with van der Waals surface area (Å²) in [6, 6.07) is 13.3. The Bertz CT molecular complexity index is 1350. The summed E-state index contributed by atoms with van der Waals surface area (Å²) in [6.07, 6.45) is 0.417. The molecule has 44 heavy (non-hydrogen) atoms. The fourth-order valence-corrected chi connectivity index (χ4v) is 5.85. The van der Waals surface area contributed by atoms with Crippen LogP contribution in [0.15, 0.2) is 54.6 Å². The smallest absolute Gasteiger partial charge is 0.408 e. The quantitative estimate of drug-likeness (QED) is 0.403. The molecule has 2 aliphatic rings. The van der Waals surface area contributed by atoms with Crippen molar-refractivity contribution in [1.82, 2.24) is 20.4 Å². The first-order valence-electron chi connectivity index (χ1n) is 15.2. The molecule has 2 heterocycles. The highest BCUT2D eigenvalue weighted by Crippen LogP contribution is 2.31. The number of ether oxygens (including phenoxy) is 1. The number of alkyl carbamates (subject to hydrolysis) is 1. The van der Waals surface area contributed by atoms with Gasteiger partial charge in [-0.1, -0.05) is 51.1 Å². The van der Waals surface area contributed by atoms with Gasteiger partial charge in [0.05, 0.1) is 12.6 Å². The van der Waals surface area contributed by atoms with Crippen LogP contribution in [0.3, 0.4) is 0 Å². The summed E-state index contributed by atoms with van der Waals surface area (Å²) in [5.41, 5.74) is 2.20. The van der Waals surface area contributed by atoms with Gasteiger partial charge in [0.25, 0.3) is 5.91 Å². The lowest BCUT2D eigenvalue weighted by molar-refractivity contribution is -0.138. The van der Waals surface area contributed by atoms with Crippen LogP contribution in [0.1, 0.15) is 56.0 Å². The Morgan fingerprint density at radius 2 is 1.59 bits per heavy atom. The van der Waals surface area contributed by atoms with Gasteiger partial charge < -0.3 is 30.1 Å². The predicted octanol–water partition coefficient (Wildman–Crippen LogP) is 2.98. The highest BCUT2D eigenvalue weighted by molar-refractivity contribution is 6.01. The minimum absolute atomic E-state index is 0.0662. The first-order chi connectivity index (χ1) is 21.0. The molecule has 4 atom stereocenters. The number of hydrogen-bond acceptors (Lipinski definition) is 7. The predicted molar refractivity (Wildman–Crippen MR) is 166 cm³/mol. The highest BCUT2D eigenvalue weighted by Gasteiger charge is 2.53. The lowest BCUT2D eigenvalue weighted by Crippen LogP contribution is -2.53. The third-order valence-corrected chi connectivity index (χ3v) is 8.16. The van der Waals surface area contributed by atoms with Gasteiger partial charge in [-0.25, -0.2) is 4.79 Å². The van der Waals surface area contributed by atoms with Crippen molar-refractivity contribution < 1.29 is 28.7 Å². The minimum atomic E-state index is -0.874. The third kappa shape index (κ3) is 7.56. The minimum Gasteiger partial charge on any atom is -0.445 e. The maximum absolute atomic E-state index is 13.9. The molecule has 2 unspecified atom stereocenters. The molecule has 0 saturated carbocycles. The Morgan fingerprint density at radius 3 is 2.20 bits per heavy atom. The van der Waals surface area contributed by atoms with E-state index in [4.69, 9.17) is 4.74 Å². The van der Waals surface area contributed by atoms with E-state index in [0.717, 1.165) is 11.3 Å². The monoisotopic (exact) mass is 605 g/mol. The van der Waals surface area contributed by atoms with Crippen LogP contribution in [-0.2, 0) is 25.7 Å². The molecule has 0 aromatic heterocycles. The van der Waals surface area contributed by atoms with Crippen molar-refractivity contribution >= 4 is 35.3 Å². The molecule has 236 valence electrons. The number of hydrogen-bond donors (Lipinski definition) is 2. The normalized spacial score (nSPS) is 18.9. The van der Waals surface area contributed by atoms with E-state index in [1.807, 2.05) is 75.3 Å². The van der Waals surface area contributed by atoms with E-state index < -0.39 is 30.3 Å². The Hall–Kier alpha value is -4.41. The molecule has 11 nitrogen and oxygen atoms in total. The molecule has 0 spiro atoms. The number of fused-ring (bicyclic) bond motifs is 1. The molecule has 0 radical (unpaired) electrons. The van der Waals surface area contributed by atoms with Gasteiger partial charge in [-0.15, -0.1) is 0 Å². The van der Waals surface area contributed by atoms with E-state index in [1.165, 1.54) is 9.80 Å². The van der Waals surface area contributed by atoms with Crippen LogP contribution in [0.2, 0.25) is 0 Å². The number of nitrogens with zero attached hydrogens (tertiary/aromatic N) is 3. The second-order valence-corrected chi connectivity index (χ2v) is 12.0. The van der Waals surface area contributed by atoms with Gasteiger partial charge in [0, 0.05) is 31.9 Å². The number of rotatable bonds is 11. The van der Waals surface area contributed by atoms with Gasteiger partial charge in [-0.05, 0) is 55.0 Å².